The fourth-order valence-electron chi connectivity index (χ4n) is 3.34. The number of benzene rings is 2. The first-order chi connectivity index (χ1) is 15.0. The molecular weight excluding hydrogens is 428 g/mol. The van der Waals surface area contributed by atoms with Crippen LogP contribution in [0.2, 0.25) is 5.02 Å². The first-order valence-corrected chi connectivity index (χ1v) is 11.7. The number of piperazine rings is 1. The van der Waals surface area contributed by atoms with Gasteiger partial charge in [-0.05, 0) is 30.7 Å². The predicted octanol–water partition coefficient (Wildman–Crippen LogP) is 4.99. The molecule has 0 amide bonds. The number of amidine groups is 1. The molecule has 7 heteroatoms. The Labute approximate surface area is 194 Å². The van der Waals surface area contributed by atoms with Crippen LogP contribution in [0.25, 0.3) is 0 Å². The lowest BCUT2D eigenvalue weighted by molar-refractivity contribution is 0.112. The minimum Gasteiger partial charge on any atom is -0.372 e. The molecule has 1 heterocycles. The monoisotopic (exact) mass is 456 g/mol. The standard InChI is InChI=1S/C24H29ClN4OS/c1-4-28(3)24(27-22-11-10-21(25)16-20(22)17-30)31-23(19-8-6-5-7-9-19)18(2)29-14-12-26-13-15-29/h5-11,16-17,23,26H,2,4,12-15H2,1,3H3. The Bertz CT molecular complexity index is 928. The Balaban J connectivity index is 1.98. The molecule has 5 nitrogen and oxygen atoms in total. The van der Waals surface area contributed by atoms with Gasteiger partial charge in [0.05, 0.1) is 10.9 Å². The van der Waals surface area contributed by atoms with Crippen molar-refractivity contribution in [3.05, 3.63) is 77.0 Å². The molecule has 1 atom stereocenters. The predicted molar refractivity (Wildman–Crippen MR) is 133 cm³/mol. The van der Waals surface area contributed by atoms with Crippen molar-refractivity contribution in [1.82, 2.24) is 15.1 Å². The molecule has 1 fully saturated rings. The SMILES string of the molecule is C=C(C(SC(=Nc1ccc(Cl)cc1C=O)N(C)CC)c1ccccc1)N1CCNCC1. The normalized spacial score (nSPS) is 15.5. The van der Waals surface area contributed by atoms with E-state index in [0.717, 1.165) is 49.9 Å². The molecule has 1 aliphatic heterocycles. The van der Waals surface area contributed by atoms with Crippen LogP contribution >= 0.6 is 23.4 Å². The zero-order chi connectivity index (χ0) is 22.2. The third-order valence-electron chi connectivity index (χ3n) is 5.28. The van der Waals surface area contributed by atoms with E-state index >= 15 is 0 Å². The molecule has 0 radical (unpaired) electrons. The summed E-state index contributed by atoms with van der Waals surface area (Å²) in [6.07, 6.45) is 0.799. The van der Waals surface area contributed by atoms with Gasteiger partial charge in [-0.1, -0.05) is 60.3 Å². The third-order valence-corrected chi connectivity index (χ3v) is 6.91. The molecular formula is C24H29ClN4OS. The largest absolute Gasteiger partial charge is 0.372 e. The van der Waals surface area contributed by atoms with Crippen LogP contribution in [0.15, 0.2) is 65.8 Å². The molecule has 2 aromatic rings. The highest BCUT2D eigenvalue weighted by molar-refractivity contribution is 8.14. The van der Waals surface area contributed by atoms with E-state index in [-0.39, 0.29) is 5.25 Å². The first kappa shape index (κ1) is 23.4. The maximum absolute atomic E-state index is 11.6. The average Bonchev–Trinajstić information content (AvgIpc) is 2.82. The smallest absolute Gasteiger partial charge is 0.165 e. The number of aldehydes is 1. The van der Waals surface area contributed by atoms with Crippen LogP contribution in [-0.2, 0) is 0 Å². The van der Waals surface area contributed by atoms with Gasteiger partial charge in [-0.15, -0.1) is 0 Å². The number of carbonyl (C=O) groups excluding carboxylic acids is 1. The van der Waals surface area contributed by atoms with Gasteiger partial charge in [-0.25, -0.2) is 4.99 Å². The lowest BCUT2D eigenvalue weighted by Gasteiger charge is -2.35. The van der Waals surface area contributed by atoms with Gasteiger partial charge in [0.2, 0.25) is 0 Å². The first-order valence-electron chi connectivity index (χ1n) is 10.4. The summed E-state index contributed by atoms with van der Waals surface area (Å²) >= 11 is 7.73. The average molecular weight is 457 g/mol. The highest BCUT2D eigenvalue weighted by Crippen LogP contribution is 2.39. The number of aliphatic imine (C=N–C) groups is 1. The van der Waals surface area contributed by atoms with Crippen LogP contribution in [0.3, 0.4) is 0 Å². The van der Waals surface area contributed by atoms with Crippen LogP contribution in [0, 0.1) is 0 Å². The van der Waals surface area contributed by atoms with Gasteiger partial charge in [-0.3, -0.25) is 4.79 Å². The van der Waals surface area contributed by atoms with Gasteiger partial charge in [-0.2, -0.15) is 0 Å². The minimum absolute atomic E-state index is 0.0130. The van der Waals surface area contributed by atoms with Gasteiger partial charge in [0.15, 0.2) is 11.5 Å². The molecule has 0 spiro atoms. The number of nitrogens with zero attached hydrogens (tertiary/aromatic N) is 3. The van der Waals surface area contributed by atoms with E-state index < -0.39 is 0 Å². The highest BCUT2D eigenvalue weighted by atomic mass is 35.5. The zero-order valence-corrected chi connectivity index (χ0v) is 19.6. The second-order valence-corrected chi connectivity index (χ2v) is 8.88. The number of hydrogen-bond acceptors (Lipinski definition) is 5. The molecule has 0 aromatic heterocycles. The summed E-state index contributed by atoms with van der Waals surface area (Å²) in [6, 6.07) is 15.6. The molecule has 3 rings (SSSR count). The van der Waals surface area contributed by atoms with E-state index in [4.69, 9.17) is 16.6 Å². The van der Waals surface area contributed by atoms with Crippen molar-refractivity contribution >= 4 is 40.5 Å². The topological polar surface area (TPSA) is 47.9 Å². The molecule has 164 valence electrons. The summed E-state index contributed by atoms with van der Waals surface area (Å²) in [5.41, 5.74) is 3.34. The molecule has 1 unspecified atom stereocenters. The summed E-state index contributed by atoms with van der Waals surface area (Å²) in [5, 5.41) is 4.77. The number of hydrogen-bond donors (Lipinski definition) is 1. The van der Waals surface area contributed by atoms with E-state index in [1.807, 2.05) is 13.1 Å². The molecule has 1 N–H and O–H groups in total. The number of nitrogens with one attached hydrogen (secondary N) is 1. The second-order valence-electron chi connectivity index (χ2n) is 7.37. The molecule has 31 heavy (non-hydrogen) atoms. The summed E-state index contributed by atoms with van der Waals surface area (Å²) in [5.74, 6) is 0. The summed E-state index contributed by atoms with van der Waals surface area (Å²) < 4.78 is 0. The zero-order valence-electron chi connectivity index (χ0n) is 18.1. The van der Waals surface area contributed by atoms with Gasteiger partial charge >= 0.3 is 0 Å². The van der Waals surface area contributed by atoms with Crippen LogP contribution in [0.4, 0.5) is 5.69 Å². The fraction of sp³-hybridized carbons (Fsp3) is 0.333. The Morgan fingerprint density at radius 1 is 1.29 bits per heavy atom. The quantitative estimate of drug-likeness (QED) is 0.361. The van der Waals surface area contributed by atoms with E-state index in [9.17, 15) is 4.79 Å². The van der Waals surface area contributed by atoms with Crippen LogP contribution in [-0.4, -0.2) is 61.0 Å². The number of rotatable bonds is 7. The van der Waals surface area contributed by atoms with E-state index in [1.165, 1.54) is 5.56 Å². The van der Waals surface area contributed by atoms with Gasteiger partial charge in [0, 0.05) is 56.1 Å². The summed E-state index contributed by atoms with van der Waals surface area (Å²) in [4.78, 5) is 20.9. The van der Waals surface area contributed by atoms with Crippen LogP contribution < -0.4 is 5.32 Å². The Morgan fingerprint density at radius 3 is 2.65 bits per heavy atom. The minimum atomic E-state index is 0.0130. The maximum Gasteiger partial charge on any atom is 0.165 e. The van der Waals surface area contributed by atoms with Crippen LogP contribution in [0.1, 0.15) is 28.1 Å². The molecule has 1 saturated heterocycles. The molecule has 0 saturated carbocycles. The van der Waals surface area contributed by atoms with E-state index in [0.29, 0.717) is 16.3 Å². The van der Waals surface area contributed by atoms with Crippen molar-refractivity contribution in [3.63, 3.8) is 0 Å². The summed E-state index contributed by atoms with van der Waals surface area (Å²) in [6.45, 7) is 11.1. The van der Waals surface area contributed by atoms with Crippen molar-refractivity contribution in [3.8, 4) is 0 Å². The van der Waals surface area contributed by atoms with Gasteiger partial charge in [0.1, 0.15) is 0 Å². The van der Waals surface area contributed by atoms with E-state index in [1.54, 1.807) is 30.0 Å². The lowest BCUT2D eigenvalue weighted by Crippen LogP contribution is -2.43. The van der Waals surface area contributed by atoms with Gasteiger partial charge in [0.25, 0.3) is 0 Å². The molecule has 0 aliphatic carbocycles. The molecule has 1 aliphatic rings. The number of thioether (sulfide) groups is 1. The van der Waals surface area contributed by atoms with Crippen molar-refractivity contribution in [2.45, 2.75) is 12.2 Å². The number of carbonyl (C=O) groups is 1. The Kier molecular flexibility index (Phi) is 8.58. The second kappa shape index (κ2) is 11.4. The van der Waals surface area contributed by atoms with Crippen molar-refractivity contribution in [1.29, 1.82) is 0 Å². The van der Waals surface area contributed by atoms with Gasteiger partial charge < -0.3 is 15.1 Å². The Hall–Kier alpha value is -2.28. The summed E-state index contributed by atoms with van der Waals surface area (Å²) in [7, 11) is 2.01. The van der Waals surface area contributed by atoms with Crippen molar-refractivity contribution in [2.24, 2.45) is 4.99 Å². The maximum atomic E-state index is 11.6. The van der Waals surface area contributed by atoms with Crippen LogP contribution in [0.5, 0.6) is 0 Å². The fourth-order valence-corrected chi connectivity index (χ4v) is 4.77. The Morgan fingerprint density at radius 2 is 2.00 bits per heavy atom. The lowest BCUT2D eigenvalue weighted by atomic mass is 10.1. The number of halogens is 1. The molecule has 0 bridgehead atoms. The third kappa shape index (κ3) is 6.12. The van der Waals surface area contributed by atoms with Crippen molar-refractivity contribution < 1.29 is 4.79 Å². The highest BCUT2D eigenvalue weighted by Gasteiger charge is 2.25. The molecule has 2 aromatic carbocycles. The van der Waals surface area contributed by atoms with Crippen molar-refractivity contribution in [2.75, 3.05) is 39.8 Å². The van der Waals surface area contributed by atoms with E-state index in [2.05, 4.69) is 52.9 Å².